The van der Waals surface area contributed by atoms with Gasteiger partial charge in [0, 0.05) is 23.7 Å². The molecule has 0 atom stereocenters. The van der Waals surface area contributed by atoms with Crippen LogP contribution in [-0.2, 0) is 6.54 Å². The molecule has 2 aromatic rings. The Morgan fingerprint density at radius 2 is 2.11 bits per heavy atom. The monoisotopic (exact) mass is 241 g/mol. The van der Waals surface area contributed by atoms with Crippen molar-refractivity contribution < 1.29 is 0 Å². The molecule has 18 heavy (non-hydrogen) atoms. The molecule has 2 N–H and O–H groups in total. The molecule has 0 amide bonds. The van der Waals surface area contributed by atoms with Crippen molar-refractivity contribution in [3.8, 4) is 0 Å². The maximum absolute atomic E-state index is 4.70. The molecule has 3 rings (SSSR count). The van der Waals surface area contributed by atoms with E-state index in [9.17, 15) is 0 Å². The van der Waals surface area contributed by atoms with E-state index in [0.29, 0.717) is 6.04 Å². The molecule has 0 aliphatic heterocycles. The van der Waals surface area contributed by atoms with Gasteiger partial charge in [-0.15, -0.1) is 0 Å². The first kappa shape index (κ1) is 11.5. The van der Waals surface area contributed by atoms with Crippen LogP contribution in [0.3, 0.4) is 0 Å². The summed E-state index contributed by atoms with van der Waals surface area (Å²) < 4.78 is 0. The Bertz CT molecular complexity index is 546. The van der Waals surface area contributed by atoms with E-state index < -0.39 is 0 Å². The molecule has 1 saturated carbocycles. The van der Waals surface area contributed by atoms with Gasteiger partial charge in [0.2, 0.25) is 0 Å². The standard InChI is InChI=1S/C15H19N3/c1-2-16-10-12-9-15(17-11-7-8-11)13-5-3-4-6-14(13)18-12/h3-6,9,11,16H,2,7-8,10H2,1H3,(H,17,18). The molecule has 3 nitrogen and oxygen atoms in total. The van der Waals surface area contributed by atoms with Crippen molar-refractivity contribution in [1.29, 1.82) is 0 Å². The Morgan fingerprint density at radius 3 is 2.89 bits per heavy atom. The fourth-order valence-corrected chi connectivity index (χ4v) is 2.14. The number of aromatic nitrogens is 1. The number of anilines is 1. The molecule has 1 aromatic heterocycles. The molecule has 94 valence electrons. The van der Waals surface area contributed by atoms with Crippen molar-refractivity contribution in [1.82, 2.24) is 10.3 Å². The first-order chi connectivity index (χ1) is 8.86. The number of hydrogen-bond donors (Lipinski definition) is 2. The van der Waals surface area contributed by atoms with E-state index in [4.69, 9.17) is 4.98 Å². The van der Waals surface area contributed by atoms with Crippen LogP contribution in [-0.4, -0.2) is 17.6 Å². The van der Waals surface area contributed by atoms with Gasteiger partial charge in [0.05, 0.1) is 11.2 Å². The topological polar surface area (TPSA) is 37.0 Å². The molecule has 0 radical (unpaired) electrons. The van der Waals surface area contributed by atoms with Gasteiger partial charge in [-0.2, -0.15) is 0 Å². The molecule has 1 aliphatic carbocycles. The molecule has 0 saturated heterocycles. The van der Waals surface area contributed by atoms with E-state index in [-0.39, 0.29) is 0 Å². The highest BCUT2D eigenvalue weighted by atomic mass is 15.0. The van der Waals surface area contributed by atoms with Crippen molar-refractivity contribution in [2.45, 2.75) is 32.4 Å². The normalized spacial score (nSPS) is 14.9. The average molecular weight is 241 g/mol. The van der Waals surface area contributed by atoms with Crippen LogP contribution in [0.25, 0.3) is 10.9 Å². The van der Waals surface area contributed by atoms with E-state index in [2.05, 4.69) is 41.8 Å². The number of rotatable bonds is 5. The molecule has 1 aliphatic rings. The van der Waals surface area contributed by atoms with Crippen LogP contribution in [0, 0.1) is 0 Å². The van der Waals surface area contributed by atoms with E-state index in [0.717, 1.165) is 24.3 Å². The molecule has 0 spiro atoms. The third-order valence-electron chi connectivity index (χ3n) is 3.26. The quantitative estimate of drug-likeness (QED) is 0.845. The van der Waals surface area contributed by atoms with Crippen molar-refractivity contribution in [2.24, 2.45) is 0 Å². The number of fused-ring (bicyclic) bond motifs is 1. The SMILES string of the molecule is CCNCc1cc(NC2CC2)c2ccccc2n1. The summed E-state index contributed by atoms with van der Waals surface area (Å²) in [6.07, 6.45) is 2.58. The molecule has 1 aromatic carbocycles. The Balaban J connectivity index is 1.98. The lowest BCUT2D eigenvalue weighted by Gasteiger charge is -2.11. The van der Waals surface area contributed by atoms with Gasteiger partial charge in [-0.05, 0) is 31.5 Å². The van der Waals surface area contributed by atoms with Crippen molar-refractivity contribution >= 4 is 16.6 Å². The number of benzene rings is 1. The number of nitrogens with one attached hydrogen (secondary N) is 2. The highest BCUT2D eigenvalue weighted by Crippen LogP contribution is 2.29. The van der Waals surface area contributed by atoms with Gasteiger partial charge < -0.3 is 10.6 Å². The van der Waals surface area contributed by atoms with Crippen molar-refractivity contribution in [3.63, 3.8) is 0 Å². The van der Waals surface area contributed by atoms with Gasteiger partial charge in [0.25, 0.3) is 0 Å². The third-order valence-corrected chi connectivity index (χ3v) is 3.26. The smallest absolute Gasteiger partial charge is 0.0726 e. The minimum absolute atomic E-state index is 0.669. The minimum atomic E-state index is 0.669. The van der Waals surface area contributed by atoms with Gasteiger partial charge in [-0.25, -0.2) is 0 Å². The Hall–Kier alpha value is -1.61. The predicted molar refractivity (Wildman–Crippen MR) is 75.8 cm³/mol. The highest BCUT2D eigenvalue weighted by Gasteiger charge is 2.21. The van der Waals surface area contributed by atoms with Crippen LogP contribution in [0.5, 0.6) is 0 Å². The molecular weight excluding hydrogens is 222 g/mol. The van der Waals surface area contributed by atoms with E-state index in [1.54, 1.807) is 0 Å². The molecule has 0 bridgehead atoms. The Kier molecular flexibility index (Phi) is 3.15. The number of para-hydroxylation sites is 1. The summed E-state index contributed by atoms with van der Waals surface area (Å²) in [5, 5.41) is 8.17. The number of pyridine rings is 1. The maximum atomic E-state index is 4.70. The summed E-state index contributed by atoms with van der Waals surface area (Å²) in [7, 11) is 0. The number of nitrogens with zero attached hydrogens (tertiary/aromatic N) is 1. The first-order valence-corrected chi connectivity index (χ1v) is 6.72. The van der Waals surface area contributed by atoms with E-state index in [1.165, 1.54) is 23.9 Å². The average Bonchev–Trinajstić information content (AvgIpc) is 3.20. The molecule has 0 unspecified atom stereocenters. The molecular formula is C15H19N3. The lowest BCUT2D eigenvalue weighted by molar-refractivity contribution is 0.713. The summed E-state index contributed by atoms with van der Waals surface area (Å²) in [6.45, 7) is 3.92. The van der Waals surface area contributed by atoms with Crippen LogP contribution in [0.4, 0.5) is 5.69 Å². The first-order valence-electron chi connectivity index (χ1n) is 6.72. The van der Waals surface area contributed by atoms with Crippen molar-refractivity contribution in [3.05, 3.63) is 36.0 Å². The van der Waals surface area contributed by atoms with Gasteiger partial charge in [0.15, 0.2) is 0 Å². The minimum Gasteiger partial charge on any atom is -0.382 e. The van der Waals surface area contributed by atoms with Crippen molar-refractivity contribution in [2.75, 3.05) is 11.9 Å². The molecule has 1 fully saturated rings. The van der Waals surface area contributed by atoms with Gasteiger partial charge in [-0.1, -0.05) is 25.1 Å². The van der Waals surface area contributed by atoms with Crippen LogP contribution in [0.1, 0.15) is 25.5 Å². The summed E-state index contributed by atoms with van der Waals surface area (Å²) in [5.74, 6) is 0. The summed E-state index contributed by atoms with van der Waals surface area (Å²) in [5.41, 5.74) is 3.42. The Labute approximate surface area is 108 Å². The largest absolute Gasteiger partial charge is 0.382 e. The lowest BCUT2D eigenvalue weighted by atomic mass is 10.1. The molecule has 1 heterocycles. The fourth-order valence-electron chi connectivity index (χ4n) is 2.14. The summed E-state index contributed by atoms with van der Waals surface area (Å²) in [6, 6.07) is 11.2. The maximum Gasteiger partial charge on any atom is 0.0726 e. The highest BCUT2D eigenvalue weighted by molar-refractivity contribution is 5.91. The van der Waals surface area contributed by atoms with Crippen LogP contribution in [0.2, 0.25) is 0 Å². The van der Waals surface area contributed by atoms with Gasteiger partial charge in [0.1, 0.15) is 0 Å². The molecule has 3 heteroatoms. The number of hydrogen-bond acceptors (Lipinski definition) is 3. The second-order valence-electron chi connectivity index (χ2n) is 4.88. The van der Waals surface area contributed by atoms with Crippen LogP contribution >= 0.6 is 0 Å². The zero-order valence-electron chi connectivity index (χ0n) is 10.7. The summed E-state index contributed by atoms with van der Waals surface area (Å²) in [4.78, 5) is 4.70. The van der Waals surface area contributed by atoms with E-state index in [1.807, 2.05) is 6.07 Å². The second kappa shape index (κ2) is 4.94. The zero-order chi connectivity index (χ0) is 12.4. The van der Waals surface area contributed by atoms with Crippen LogP contribution in [0.15, 0.2) is 30.3 Å². The van der Waals surface area contributed by atoms with Gasteiger partial charge >= 0.3 is 0 Å². The summed E-state index contributed by atoms with van der Waals surface area (Å²) >= 11 is 0. The zero-order valence-corrected chi connectivity index (χ0v) is 10.7. The Morgan fingerprint density at radius 1 is 1.28 bits per heavy atom. The second-order valence-corrected chi connectivity index (χ2v) is 4.88. The fraction of sp³-hybridized carbons (Fsp3) is 0.400. The van der Waals surface area contributed by atoms with Crippen LogP contribution < -0.4 is 10.6 Å². The van der Waals surface area contributed by atoms with E-state index >= 15 is 0 Å². The predicted octanol–water partition coefficient (Wildman–Crippen LogP) is 2.92. The third kappa shape index (κ3) is 2.46. The lowest BCUT2D eigenvalue weighted by Crippen LogP contribution is -2.13. The van der Waals surface area contributed by atoms with Gasteiger partial charge in [-0.3, -0.25) is 4.98 Å².